The van der Waals surface area contributed by atoms with Crippen LogP contribution < -0.4 is 0 Å². The lowest BCUT2D eigenvalue weighted by Crippen LogP contribution is -2.41. The van der Waals surface area contributed by atoms with Crippen LogP contribution in [0.2, 0.25) is 0 Å². The fourth-order valence-corrected chi connectivity index (χ4v) is 3.78. The number of nitrogens with zero attached hydrogens (tertiary/aromatic N) is 3. The Balaban J connectivity index is 1.51. The van der Waals surface area contributed by atoms with Crippen molar-refractivity contribution in [1.29, 1.82) is 0 Å². The Morgan fingerprint density at radius 1 is 1.24 bits per heavy atom. The average molecular weight is 340 g/mol. The van der Waals surface area contributed by atoms with E-state index in [1.165, 1.54) is 22.9 Å². The number of rotatable bonds is 2. The highest BCUT2D eigenvalue weighted by Crippen LogP contribution is 2.28. The highest BCUT2D eigenvalue weighted by molar-refractivity contribution is 6.05. The van der Waals surface area contributed by atoms with Crippen molar-refractivity contribution < 1.29 is 14.4 Å². The molecule has 0 spiro atoms. The molecule has 4 amide bonds. The molecule has 2 aliphatic rings. The van der Waals surface area contributed by atoms with Crippen LogP contribution in [0.3, 0.4) is 0 Å². The summed E-state index contributed by atoms with van der Waals surface area (Å²) in [4.78, 5) is 44.3. The van der Waals surface area contributed by atoms with E-state index in [0.717, 1.165) is 22.5 Å². The van der Waals surface area contributed by atoms with Crippen LogP contribution in [-0.4, -0.2) is 64.2 Å². The molecule has 0 saturated carbocycles. The van der Waals surface area contributed by atoms with Crippen LogP contribution in [0.5, 0.6) is 0 Å². The number of para-hydroxylation sites is 1. The fourth-order valence-electron chi connectivity index (χ4n) is 3.78. The summed E-state index contributed by atoms with van der Waals surface area (Å²) < 4.78 is 0. The third-order valence-corrected chi connectivity index (χ3v) is 5.28. The van der Waals surface area contributed by atoms with Gasteiger partial charge in [0, 0.05) is 37.2 Å². The van der Waals surface area contributed by atoms with Gasteiger partial charge in [0.1, 0.15) is 6.04 Å². The molecule has 25 heavy (non-hydrogen) atoms. The third kappa shape index (κ3) is 2.38. The van der Waals surface area contributed by atoms with Crippen molar-refractivity contribution in [3.05, 3.63) is 35.5 Å². The minimum Gasteiger partial charge on any atom is -0.357 e. The van der Waals surface area contributed by atoms with Gasteiger partial charge in [0.05, 0.1) is 13.0 Å². The molecule has 1 aromatic carbocycles. The Bertz CT molecular complexity index is 888. The Morgan fingerprint density at radius 2 is 2.00 bits per heavy atom. The second-order valence-corrected chi connectivity index (χ2v) is 6.70. The average Bonchev–Trinajstić information content (AvgIpc) is 3.08. The van der Waals surface area contributed by atoms with Crippen molar-refractivity contribution in [2.24, 2.45) is 0 Å². The first kappa shape index (κ1) is 15.7. The molecule has 2 aromatic rings. The third-order valence-electron chi connectivity index (χ3n) is 5.28. The van der Waals surface area contributed by atoms with Crippen molar-refractivity contribution in [2.45, 2.75) is 25.4 Å². The van der Waals surface area contributed by atoms with Crippen LogP contribution in [0, 0.1) is 0 Å². The van der Waals surface area contributed by atoms with Crippen LogP contribution in [0.1, 0.15) is 17.7 Å². The van der Waals surface area contributed by atoms with Gasteiger partial charge in [0.25, 0.3) is 5.91 Å². The van der Waals surface area contributed by atoms with Gasteiger partial charge in [-0.3, -0.25) is 14.5 Å². The van der Waals surface area contributed by atoms with E-state index in [-0.39, 0.29) is 24.3 Å². The van der Waals surface area contributed by atoms with E-state index in [2.05, 4.69) is 11.1 Å². The number of benzene rings is 1. The molecule has 130 valence electrons. The van der Waals surface area contributed by atoms with E-state index >= 15 is 0 Å². The van der Waals surface area contributed by atoms with E-state index in [9.17, 15) is 14.4 Å². The summed E-state index contributed by atoms with van der Waals surface area (Å²) in [5, 5.41) is 1.21. The lowest BCUT2D eigenvalue weighted by Gasteiger charge is -2.28. The highest BCUT2D eigenvalue weighted by Gasteiger charge is 2.42. The van der Waals surface area contributed by atoms with E-state index < -0.39 is 6.04 Å². The zero-order valence-corrected chi connectivity index (χ0v) is 14.3. The predicted molar refractivity (Wildman–Crippen MR) is 91.8 cm³/mol. The molecule has 0 unspecified atom stereocenters. The number of carbonyl (C=O) groups excluding carboxylic acids is 3. The zero-order valence-electron chi connectivity index (χ0n) is 14.3. The minimum atomic E-state index is -0.700. The van der Waals surface area contributed by atoms with Crippen molar-refractivity contribution >= 4 is 28.7 Å². The summed E-state index contributed by atoms with van der Waals surface area (Å²) in [6.07, 6.45) is 0.819. The minimum absolute atomic E-state index is 0.0287. The zero-order chi connectivity index (χ0) is 17.7. The van der Waals surface area contributed by atoms with Gasteiger partial charge in [-0.25, -0.2) is 4.79 Å². The molecule has 3 heterocycles. The van der Waals surface area contributed by atoms with Crippen molar-refractivity contribution in [1.82, 2.24) is 19.7 Å². The van der Waals surface area contributed by atoms with Crippen molar-refractivity contribution in [3.8, 4) is 0 Å². The van der Waals surface area contributed by atoms with Gasteiger partial charge < -0.3 is 14.8 Å². The first-order chi connectivity index (χ1) is 12.0. The summed E-state index contributed by atoms with van der Waals surface area (Å²) in [6, 6.07) is 7.07. The Morgan fingerprint density at radius 3 is 2.72 bits per heavy atom. The molecular formula is C18H20N4O3. The first-order valence-corrected chi connectivity index (χ1v) is 8.38. The molecule has 0 radical (unpaired) electrons. The summed E-state index contributed by atoms with van der Waals surface area (Å²) in [7, 11) is 3.01. The maximum absolute atomic E-state index is 12.7. The molecule has 1 fully saturated rings. The van der Waals surface area contributed by atoms with E-state index in [1.54, 1.807) is 11.9 Å². The molecule has 1 aromatic heterocycles. The van der Waals surface area contributed by atoms with Crippen molar-refractivity contribution in [2.75, 3.05) is 20.6 Å². The number of nitrogens with one attached hydrogen (secondary N) is 1. The molecule has 1 atom stereocenters. The molecule has 7 nitrogen and oxygen atoms in total. The largest absolute Gasteiger partial charge is 0.357 e. The number of imide groups is 1. The number of aromatic nitrogens is 1. The monoisotopic (exact) mass is 340 g/mol. The SMILES string of the molecule is CN1C(=O)[C@H](CC(=O)N2CCc3c([nH]c4ccccc34)C2)N(C)C1=O. The number of hydrogen-bond donors (Lipinski definition) is 1. The predicted octanol–water partition coefficient (Wildman–Crippen LogP) is 1.34. The van der Waals surface area contributed by atoms with Crippen LogP contribution in [-0.2, 0) is 22.6 Å². The Hall–Kier alpha value is -2.83. The first-order valence-electron chi connectivity index (χ1n) is 8.38. The maximum atomic E-state index is 12.7. The van der Waals surface area contributed by atoms with Gasteiger partial charge in [-0.2, -0.15) is 0 Å². The van der Waals surface area contributed by atoms with Gasteiger partial charge >= 0.3 is 6.03 Å². The lowest BCUT2D eigenvalue weighted by atomic mass is 10.0. The fraction of sp³-hybridized carbons (Fsp3) is 0.389. The molecular weight excluding hydrogens is 320 g/mol. The standard InChI is InChI=1S/C18H20N4O3/c1-20-15(17(24)21(2)18(20)25)9-16(23)22-8-7-12-11-5-3-4-6-13(11)19-14(12)10-22/h3-6,15,19H,7-10H2,1-2H3/t15-/m0/s1. The highest BCUT2D eigenvalue weighted by atomic mass is 16.2. The van der Waals surface area contributed by atoms with Gasteiger partial charge in [-0.1, -0.05) is 18.2 Å². The molecule has 0 aliphatic carbocycles. The normalized spacial score (nSPS) is 20.6. The molecule has 2 aliphatic heterocycles. The second kappa shape index (κ2) is 5.61. The van der Waals surface area contributed by atoms with Crippen LogP contribution in [0.4, 0.5) is 4.79 Å². The summed E-state index contributed by atoms with van der Waals surface area (Å²) in [5.41, 5.74) is 3.41. The maximum Gasteiger partial charge on any atom is 0.326 e. The number of fused-ring (bicyclic) bond motifs is 3. The van der Waals surface area contributed by atoms with Gasteiger partial charge in [-0.15, -0.1) is 0 Å². The van der Waals surface area contributed by atoms with E-state index in [4.69, 9.17) is 0 Å². The van der Waals surface area contributed by atoms with Crippen LogP contribution >= 0.6 is 0 Å². The molecule has 1 N–H and O–H groups in total. The van der Waals surface area contributed by atoms with Gasteiger partial charge in [0.2, 0.25) is 5.91 Å². The van der Waals surface area contributed by atoms with Crippen LogP contribution in [0.15, 0.2) is 24.3 Å². The van der Waals surface area contributed by atoms with Gasteiger partial charge in [-0.05, 0) is 18.1 Å². The smallest absolute Gasteiger partial charge is 0.326 e. The number of hydrogen-bond acceptors (Lipinski definition) is 3. The number of amides is 4. The number of urea groups is 1. The van der Waals surface area contributed by atoms with Crippen molar-refractivity contribution in [3.63, 3.8) is 0 Å². The molecule has 7 heteroatoms. The van der Waals surface area contributed by atoms with E-state index in [0.29, 0.717) is 13.1 Å². The summed E-state index contributed by atoms with van der Waals surface area (Å²) in [6.45, 7) is 1.14. The quantitative estimate of drug-likeness (QED) is 0.838. The number of H-pyrrole nitrogens is 1. The molecule has 1 saturated heterocycles. The van der Waals surface area contributed by atoms with E-state index in [1.807, 2.05) is 18.2 Å². The molecule has 4 rings (SSSR count). The number of carbonyl (C=O) groups is 3. The Kier molecular flexibility index (Phi) is 3.52. The summed E-state index contributed by atoms with van der Waals surface area (Å²) in [5.74, 6) is -0.415. The second-order valence-electron chi connectivity index (χ2n) is 6.70. The number of aromatic amines is 1. The lowest BCUT2D eigenvalue weighted by molar-refractivity contribution is -0.137. The topological polar surface area (TPSA) is 76.7 Å². The molecule has 0 bridgehead atoms. The van der Waals surface area contributed by atoms with Gasteiger partial charge in [0.15, 0.2) is 0 Å². The Labute approximate surface area is 145 Å². The van der Waals surface area contributed by atoms with Crippen LogP contribution in [0.25, 0.3) is 10.9 Å². The summed E-state index contributed by atoms with van der Waals surface area (Å²) >= 11 is 0. The number of likely N-dealkylation sites (N-methyl/N-ethyl adjacent to an activating group) is 2.